The molecule has 6 heteroatoms. The Kier molecular flexibility index (Phi) is 5.64. The number of hydrogen-bond acceptors (Lipinski definition) is 3. The quantitative estimate of drug-likeness (QED) is 0.702. The van der Waals surface area contributed by atoms with Crippen LogP contribution in [0.4, 0.5) is 0 Å². The van der Waals surface area contributed by atoms with Gasteiger partial charge in [-0.15, -0.1) is 0 Å². The first-order valence-electron chi connectivity index (χ1n) is 5.83. The zero-order valence-electron chi connectivity index (χ0n) is 10.7. The number of carbonyl (C=O) groups is 1. The standard InChI is InChI=1S/C11H21N3O2S/c1-8(7-16-3)12-11(17)13-9-4-5-10(15)14(2)6-9/h8-9H,4-7H2,1-3H3,(H2,12,13,17). The summed E-state index contributed by atoms with van der Waals surface area (Å²) in [6.45, 7) is 3.33. The van der Waals surface area contributed by atoms with Gasteiger partial charge in [-0.25, -0.2) is 0 Å². The van der Waals surface area contributed by atoms with Crippen LogP contribution in [0.5, 0.6) is 0 Å². The van der Waals surface area contributed by atoms with Crippen molar-refractivity contribution in [1.29, 1.82) is 0 Å². The Morgan fingerprint density at radius 1 is 1.71 bits per heavy atom. The van der Waals surface area contributed by atoms with Crippen molar-refractivity contribution in [1.82, 2.24) is 15.5 Å². The van der Waals surface area contributed by atoms with Gasteiger partial charge < -0.3 is 20.3 Å². The minimum atomic E-state index is 0.183. The van der Waals surface area contributed by atoms with E-state index in [1.54, 1.807) is 12.0 Å². The molecule has 2 N–H and O–H groups in total. The highest BCUT2D eigenvalue weighted by molar-refractivity contribution is 7.80. The van der Waals surface area contributed by atoms with Gasteiger partial charge in [-0.2, -0.15) is 0 Å². The number of nitrogens with one attached hydrogen (secondary N) is 2. The third kappa shape index (κ3) is 4.87. The van der Waals surface area contributed by atoms with Gasteiger partial charge in [-0.3, -0.25) is 4.79 Å². The van der Waals surface area contributed by atoms with Gasteiger partial charge >= 0.3 is 0 Å². The molecule has 0 aromatic carbocycles. The minimum absolute atomic E-state index is 0.183. The average Bonchev–Trinajstić information content (AvgIpc) is 2.23. The first-order chi connectivity index (χ1) is 8.02. The fourth-order valence-corrected chi connectivity index (χ4v) is 2.24. The zero-order valence-corrected chi connectivity index (χ0v) is 11.5. The van der Waals surface area contributed by atoms with Crippen LogP contribution in [0.2, 0.25) is 0 Å². The lowest BCUT2D eigenvalue weighted by Crippen LogP contribution is -2.52. The maximum atomic E-state index is 11.3. The van der Waals surface area contributed by atoms with Crippen LogP contribution in [0.1, 0.15) is 19.8 Å². The smallest absolute Gasteiger partial charge is 0.222 e. The molecular formula is C11H21N3O2S. The molecule has 0 aromatic heterocycles. The molecule has 1 fully saturated rings. The normalized spacial score (nSPS) is 22.2. The molecule has 1 heterocycles. The molecule has 2 unspecified atom stereocenters. The van der Waals surface area contributed by atoms with E-state index in [1.807, 2.05) is 14.0 Å². The predicted molar refractivity (Wildman–Crippen MR) is 70.9 cm³/mol. The summed E-state index contributed by atoms with van der Waals surface area (Å²) in [6.07, 6.45) is 1.42. The summed E-state index contributed by atoms with van der Waals surface area (Å²) >= 11 is 5.21. The second kappa shape index (κ2) is 6.76. The summed E-state index contributed by atoms with van der Waals surface area (Å²) < 4.78 is 5.02. The molecular weight excluding hydrogens is 238 g/mol. The van der Waals surface area contributed by atoms with Crippen LogP contribution in [-0.2, 0) is 9.53 Å². The van der Waals surface area contributed by atoms with Crippen molar-refractivity contribution in [3.8, 4) is 0 Å². The third-order valence-electron chi connectivity index (χ3n) is 2.76. The van der Waals surface area contributed by atoms with Crippen molar-refractivity contribution in [2.24, 2.45) is 0 Å². The fourth-order valence-electron chi connectivity index (χ4n) is 1.87. The molecule has 1 saturated heterocycles. The summed E-state index contributed by atoms with van der Waals surface area (Å²) in [4.78, 5) is 13.1. The van der Waals surface area contributed by atoms with Crippen LogP contribution in [0.3, 0.4) is 0 Å². The molecule has 2 atom stereocenters. The van der Waals surface area contributed by atoms with E-state index in [-0.39, 0.29) is 18.0 Å². The lowest BCUT2D eigenvalue weighted by atomic mass is 10.1. The maximum absolute atomic E-state index is 11.3. The van der Waals surface area contributed by atoms with Crippen molar-refractivity contribution < 1.29 is 9.53 Å². The van der Waals surface area contributed by atoms with E-state index < -0.39 is 0 Å². The van der Waals surface area contributed by atoms with Gasteiger partial charge in [0.05, 0.1) is 6.61 Å². The fraction of sp³-hybridized carbons (Fsp3) is 0.818. The Balaban J connectivity index is 2.29. The number of likely N-dealkylation sites (N-methyl/N-ethyl adjacent to an activating group) is 1. The number of hydrogen-bond donors (Lipinski definition) is 2. The van der Waals surface area contributed by atoms with Gasteiger partial charge in [0.25, 0.3) is 0 Å². The Morgan fingerprint density at radius 3 is 3.00 bits per heavy atom. The van der Waals surface area contributed by atoms with E-state index in [9.17, 15) is 4.79 Å². The van der Waals surface area contributed by atoms with E-state index in [4.69, 9.17) is 17.0 Å². The lowest BCUT2D eigenvalue weighted by molar-refractivity contribution is -0.132. The van der Waals surface area contributed by atoms with E-state index in [2.05, 4.69) is 10.6 Å². The van der Waals surface area contributed by atoms with Crippen LogP contribution >= 0.6 is 12.2 Å². The molecule has 0 radical (unpaired) electrons. The highest BCUT2D eigenvalue weighted by Crippen LogP contribution is 2.09. The summed E-state index contributed by atoms with van der Waals surface area (Å²) in [5.74, 6) is 0.203. The molecule has 1 amide bonds. The number of nitrogens with zero attached hydrogens (tertiary/aromatic N) is 1. The molecule has 0 aromatic rings. The maximum Gasteiger partial charge on any atom is 0.222 e. The number of thiocarbonyl (C=S) groups is 1. The van der Waals surface area contributed by atoms with Crippen LogP contribution < -0.4 is 10.6 Å². The molecule has 1 rings (SSSR count). The third-order valence-corrected chi connectivity index (χ3v) is 2.99. The first-order valence-corrected chi connectivity index (χ1v) is 6.23. The van der Waals surface area contributed by atoms with Crippen molar-refractivity contribution in [2.45, 2.75) is 31.8 Å². The SMILES string of the molecule is COCC(C)NC(=S)NC1CCC(=O)N(C)C1. The number of piperidine rings is 1. The van der Waals surface area contributed by atoms with E-state index in [1.165, 1.54) is 0 Å². The Bertz CT molecular complexity index is 286. The molecule has 5 nitrogen and oxygen atoms in total. The number of rotatable bonds is 4. The van der Waals surface area contributed by atoms with Crippen LogP contribution in [0.15, 0.2) is 0 Å². The summed E-state index contributed by atoms with van der Waals surface area (Å²) in [7, 11) is 3.48. The summed E-state index contributed by atoms with van der Waals surface area (Å²) in [5.41, 5.74) is 0. The molecule has 0 aliphatic carbocycles. The van der Waals surface area contributed by atoms with Crippen molar-refractivity contribution in [3.05, 3.63) is 0 Å². The van der Waals surface area contributed by atoms with Gasteiger partial charge in [-0.05, 0) is 25.6 Å². The van der Waals surface area contributed by atoms with E-state index in [0.717, 1.165) is 6.42 Å². The second-order valence-corrected chi connectivity index (χ2v) is 4.89. The van der Waals surface area contributed by atoms with Crippen LogP contribution in [0.25, 0.3) is 0 Å². The van der Waals surface area contributed by atoms with Crippen LogP contribution in [0, 0.1) is 0 Å². The number of likely N-dealkylation sites (tertiary alicyclic amines) is 1. The van der Waals surface area contributed by atoms with Gasteiger partial charge in [0.2, 0.25) is 5.91 Å². The lowest BCUT2D eigenvalue weighted by Gasteiger charge is -2.31. The largest absolute Gasteiger partial charge is 0.383 e. The highest BCUT2D eigenvalue weighted by atomic mass is 32.1. The predicted octanol–water partition coefficient (Wildman–Crippen LogP) is 0.106. The number of amides is 1. The van der Waals surface area contributed by atoms with Crippen molar-refractivity contribution in [3.63, 3.8) is 0 Å². The van der Waals surface area contributed by atoms with Gasteiger partial charge in [0.15, 0.2) is 5.11 Å². The highest BCUT2D eigenvalue weighted by Gasteiger charge is 2.23. The monoisotopic (exact) mass is 259 g/mol. The van der Waals surface area contributed by atoms with Gasteiger partial charge in [-0.1, -0.05) is 0 Å². The van der Waals surface area contributed by atoms with Crippen LogP contribution in [-0.4, -0.2) is 55.3 Å². The molecule has 1 aliphatic heterocycles. The molecule has 98 valence electrons. The summed E-state index contributed by atoms with van der Waals surface area (Å²) in [6, 6.07) is 0.426. The average molecular weight is 259 g/mol. The second-order valence-electron chi connectivity index (χ2n) is 4.48. The molecule has 0 spiro atoms. The number of ether oxygens (including phenoxy) is 1. The number of methoxy groups -OCH3 is 1. The molecule has 1 aliphatic rings. The Labute approximate surface area is 108 Å². The topological polar surface area (TPSA) is 53.6 Å². The van der Waals surface area contributed by atoms with Crippen molar-refractivity contribution in [2.75, 3.05) is 27.3 Å². The molecule has 17 heavy (non-hydrogen) atoms. The summed E-state index contributed by atoms with van der Waals surface area (Å²) in [5, 5.41) is 7.00. The van der Waals surface area contributed by atoms with Gasteiger partial charge in [0.1, 0.15) is 0 Å². The van der Waals surface area contributed by atoms with E-state index in [0.29, 0.717) is 24.7 Å². The zero-order chi connectivity index (χ0) is 12.8. The Hall–Kier alpha value is -0.880. The first kappa shape index (κ1) is 14.2. The minimum Gasteiger partial charge on any atom is -0.383 e. The van der Waals surface area contributed by atoms with E-state index >= 15 is 0 Å². The van der Waals surface area contributed by atoms with Crippen molar-refractivity contribution >= 4 is 23.2 Å². The number of carbonyl (C=O) groups excluding carboxylic acids is 1. The molecule has 0 saturated carbocycles. The van der Waals surface area contributed by atoms with Gasteiger partial charge in [0, 0.05) is 39.2 Å². The Morgan fingerprint density at radius 2 is 2.41 bits per heavy atom. The molecule has 0 bridgehead atoms.